The van der Waals surface area contributed by atoms with Crippen molar-refractivity contribution in [3.63, 3.8) is 0 Å². The van der Waals surface area contributed by atoms with Gasteiger partial charge in [-0.25, -0.2) is 12.8 Å². The van der Waals surface area contributed by atoms with Crippen molar-refractivity contribution in [3.8, 4) is 0 Å². The van der Waals surface area contributed by atoms with E-state index in [0.717, 1.165) is 18.9 Å². The molecule has 1 aromatic rings. The van der Waals surface area contributed by atoms with E-state index >= 15 is 0 Å². The van der Waals surface area contributed by atoms with Gasteiger partial charge in [-0.2, -0.15) is 4.31 Å². The number of aryl methyl sites for hydroxylation is 1. The molecule has 1 heterocycles. The molecular formula is C13H17FN2O2S2. The lowest BCUT2D eigenvalue weighted by Crippen LogP contribution is -2.49. The Morgan fingerprint density at radius 1 is 1.45 bits per heavy atom. The van der Waals surface area contributed by atoms with Gasteiger partial charge in [0.25, 0.3) is 0 Å². The average molecular weight is 316 g/mol. The highest BCUT2D eigenvalue weighted by atomic mass is 32.2. The second-order valence-corrected chi connectivity index (χ2v) is 7.27. The number of halogens is 1. The molecule has 0 aliphatic carbocycles. The molecule has 2 rings (SSSR count). The van der Waals surface area contributed by atoms with Gasteiger partial charge in [0.15, 0.2) is 0 Å². The van der Waals surface area contributed by atoms with E-state index in [-0.39, 0.29) is 9.88 Å². The number of benzene rings is 1. The van der Waals surface area contributed by atoms with Crippen LogP contribution >= 0.6 is 12.2 Å². The van der Waals surface area contributed by atoms with Crippen LogP contribution in [0.25, 0.3) is 0 Å². The number of piperidine rings is 1. The summed E-state index contributed by atoms with van der Waals surface area (Å²) in [4.78, 5) is 0.156. The predicted molar refractivity (Wildman–Crippen MR) is 79.5 cm³/mol. The fourth-order valence-electron chi connectivity index (χ4n) is 2.46. The highest BCUT2D eigenvalue weighted by molar-refractivity contribution is 7.89. The van der Waals surface area contributed by atoms with Gasteiger partial charge in [-0.3, -0.25) is 0 Å². The van der Waals surface area contributed by atoms with Crippen LogP contribution in [0.4, 0.5) is 4.39 Å². The first kappa shape index (κ1) is 15.3. The maximum absolute atomic E-state index is 13.4. The minimum atomic E-state index is -3.78. The van der Waals surface area contributed by atoms with E-state index in [9.17, 15) is 12.8 Å². The highest BCUT2D eigenvalue weighted by Crippen LogP contribution is 2.27. The quantitative estimate of drug-likeness (QED) is 0.866. The van der Waals surface area contributed by atoms with Crippen LogP contribution in [0.1, 0.15) is 24.8 Å². The molecule has 1 unspecified atom stereocenters. The topological polar surface area (TPSA) is 63.4 Å². The molecule has 1 atom stereocenters. The zero-order valence-corrected chi connectivity index (χ0v) is 12.8. The molecule has 1 aliphatic heterocycles. The first-order valence-corrected chi connectivity index (χ1v) is 8.26. The molecule has 0 amide bonds. The van der Waals surface area contributed by atoms with Crippen LogP contribution in [0.5, 0.6) is 0 Å². The molecule has 0 spiro atoms. The number of hydrogen-bond acceptors (Lipinski definition) is 3. The van der Waals surface area contributed by atoms with E-state index in [1.807, 2.05) is 0 Å². The third-order valence-electron chi connectivity index (χ3n) is 3.52. The van der Waals surface area contributed by atoms with Gasteiger partial charge in [0.2, 0.25) is 10.0 Å². The largest absolute Gasteiger partial charge is 0.392 e. The second-order valence-electron chi connectivity index (χ2n) is 4.94. The van der Waals surface area contributed by atoms with Crippen LogP contribution in [0.15, 0.2) is 23.1 Å². The van der Waals surface area contributed by atoms with Crippen molar-refractivity contribution < 1.29 is 12.8 Å². The Hall–Kier alpha value is -1.05. The SMILES string of the molecule is Cc1ccc(F)cc1S(=O)(=O)N1CCCCC1C(N)=S. The van der Waals surface area contributed by atoms with E-state index in [2.05, 4.69) is 0 Å². The summed E-state index contributed by atoms with van der Waals surface area (Å²) in [5.74, 6) is -0.571. The van der Waals surface area contributed by atoms with Gasteiger partial charge in [-0.05, 0) is 37.5 Å². The number of rotatable bonds is 3. The van der Waals surface area contributed by atoms with Gasteiger partial charge < -0.3 is 5.73 Å². The van der Waals surface area contributed by atoms with E-state index in [1.54, 1.807) is 6.92 Å². The Balaban J connectivity index is 2.47. The Morgan fingerprint density at radius 2 is 2.15 bits per heavy atom. The summed E-state index contributed by atoms with van der Waals surface area (Å²) in [6, 6.07) is 3.28. The second kappa shape index (κ2) is 5.75. The van der Waals surface area contributed by atoms with Crippen molar-refractivity contribution in [2.24, 2.45) is 5.73 Å². The Morgan fingerprint density at radius 3 is 2.80 bits per heavy atom. The van der Waals surface area contributed by atoms with Crippen LogP contribution in [0.3, 0.4) is 0 Å². The molecule has 2 N–H and O–H groups in total. The summed E-state index contributed by atoms with van der Waals surface area (Å²) >= 11 is 4.97. The van der Waals surface area contributed by atoms with Crippen LogP contribution in [0.2, 0.25) is 0 Å². The summed E-state index contributed by atoms with van der Waals surface area (Å²) in [6.07, 6.45) is 2.26. The molecule has 4 nitrogen and oxygen atoms in total. The molecule has 0 aromatic heterocycles. The van der Waals surface area contributed by atoms with Crippen LogP contribution < -0.4 is 5.73 Å². The molecule has 0 bridgehead atoms. The number of thiocarbonyl (C=S) groups is 1. The summed E-state index contributed by atoms with van der Waals surface area (Å²) in [5.41, 5.74) is 6.16. The van der Waals surface area contributed by atoms with E-state index in [1.165, 1.54) is 16.4 Å². The van der Waals surface area contributed by atoms with Crippen LogP contribution in [-0.4, -0.2) is 30.3 Å². The lowest BCUT2D eigenvalue weighted by atomic mass is 10.1. The third kappa shape index (κ3) is 2.84. The molecule has 1 aliphatic rings. The third-order valence-corrected chi connectivity index (χ3v) is 5.84. The van der Waals surface area contributed by atoms with Crippen molar-refractivity contribution >= 4 is 27.2 Å². The van der Waals surface area contributed by atoms with Gasteiger partial charge in [0.05, 0.1) is 15.9 Å². The normalized spacial score (nSPS) is 20.8. The maximum Gasteiger partial charge on any atom is 0.244 e. The number of nitrogens with two attached hydrogens (primary N) is 1. The fraction of sp³-hybridized carbons (Fsp3) is 0.462. The van der Waals surface area contributed by atoms with E-state index < -0.39 is 21.9 Å². The summed E-state index contributed by atoms with van der Waals surface area (Å²) < 4.78 is 40.1. The summed E-state index contributed by atoms with van der Waals surface area (Å²) in [6.45, 7) is 2.01. The van der Waals surface area contributed by atoms with Gasteiger partial charge in [0.1, 0.15) is 5.82 Å². The van der Waals surface area contributed by atoms with Crippen molar-refractivity contribution in [2.75, 3.05) is 6.54 Å². The number of nitrogens with zero attached hydrogens (tertiary/aromatic N) is 1. The van der Waals surface area contributed by atoms with Gasteiger partial charge in [-0.15, -0.1) is 0 Å². The van der Waals surface area contributed by atoms with Crippen LogP contribution in [0, 0.1) is 12.7 Å². The van der Waals surface area contributed by atoms with Crippen molar-refractivity contribution in [1.29, 1.82) is 0 Å². The number of sulfonamides is 1. The molecule has 1 saturated heterocycles. The predicted octanol–water partition coefficient (Wildman–Crippen LogP) is 1.96. The van der Waals surface area contributed by atoms with Crippen LogP contribution in [-0.2, 0) is 10.0 Å². The van der Waals surface area contributed by atoms with Crippen molar-refractivity contribution in [1.82, 2.24) is 4.31 Å². The monoisotopic (exact) mass is 316 g/mol. The molecule has 0 radical (unpaired) electrons. The highest BCUT2D eigenvalue weighted by Gasteiger charge is 2.35. The minimum absolute atomic E-state index is 0.0133. The molecule has 1 aromatic carbocycles. The van der Waals surface area contributed by atoms with Crippen molar-refractivity contribution in [3.05, 3.63) is 29.6 Å². The molecule has 7 heteroatoms. The van der Waals surface area contributed by atoms with Gasteiger partial charge in [-0.1, -0.05) is 24.7 Å². The summed E-state index contributed by atoms with van der Waals surface area (Å²) in [5, 5.41) is 0. The summed E-state index contributed by atoms with van der Waals surface area (Å²) in [7, 11) is -3.78. The average Bonchev–Trinajstić information content (AvgIpc) is 2.41. The number of hydrogen-bond donors (Lipinski definition) is 1. The van der Waals surface area contributed by atoms with Crippen molar-refractivity contribution in [2.45, 2.75) is 37.1 Å². The molecule has 1 fully saturated rings. The lowest BCUT2D eigenvalue weighted by Gasteiger charge is -2.34. The molecule has 110 valence electrons. The standard InChI is InChI=1S/C13H17FN2O2S2/c1-9-5-6-10(14)8-12(9)20(17,18)16-7-3-2-4-11(16)13(15)19/h5-6,8,11H,2-4,7H2,1H3,(H2,15,19). The lowest BCUT2D eigenvalue weighted by molar-refractivity contribution is 0.306. The molecule has 20 heavy (non-hydrogen) atoms. The Kier molecular flexibility index (Phi) is 4.41. The minimum Gasteiger partial charge on any atom is -0.392 e. The first-order valence-electron chi connectivity index (χ1n) is 6.41. The first-order chi connectivity index (χ1) is 9.34. The van der Waals surface area contributed by atoms with Gasteiger partial charge in [0, 0.05) is 6.54 Å². The van der Waals surface area contributed by atoms with Gasteiger partial charge >= 0.3 is 0 Å². The maximum atomic E-state index is 13.4. The smallest absolute Gasteiger partial charge is 0.244 e. The fourth-order valence-corrected chi connectivity index (χ4v) is 4.68. The molecule has 0 saturated carbocycles. The molecular weight excluding hydrogens is 299 g/mol. The van der Waals surface area contributed by atoms with E-state index in [0.29, 0.717) is 18.5 Å². The Bertz CT molecular complexity index is 631. The Labute approximate surface area is 123 Å². The van der Waals surface area contributed by atoms with E-state index in [4.69, 9.17) is 18.0 Å². The zero-order chi connectivity index (χ0) is 14.9. The zero-order valence-electron chi connectivity index (χ0n) is 11.2.